The van der Waals surface area contributed by atoms with Gasteiger partial charge < -0.3 is 9.64 Å². The highest BCUT2D eigenvalue weighted by atomic mass is 16.6. The molecule has 0 aliphatic carbocycles. The van der Waals surface area contributed by atoms with E-state index in [1.165, 1.54) is 17.0 Å². The van der Waals surface area contributed by atoms with Crippen molar-refractivity contribution in [2.45, 2.75) is 19.8 Å². The number of nitro benzene ring substituents is 1. The fourth-order valence-electron chi connectivity index (χ4n) is 3.02. The minimum atomic E-state index is -0.553. The first-order valence-corrected chi connectivity index (χ1v) is 8.27. The van der Waals surface area contributed by atoms with Crippen LogP contribution in [-0.2, 0) is 16.0 Å². The molecule has 0 radical (unpaired) electrons. The topological polar surface area (TPSA) is 89.8 Å². The molecule has 1 aliphatic rings. The molecule has 0 bridgehead atoms. The third-order valence-corrected chi connectivity index (χ3v) is 4.27. The van der Waals surface area contributed by atoms with Crippen LogP contribution in [0.3, 0.4) is 0 Å². The van der Waals surface area contributed by atoms with Gasteiger partial charge in [-0.2, -0.15) is 0 Å². The summed E-state index contributed by atoms with van der Waals surface area (Å²) in [7, 11) is 0. The number of hydrogen-bond acceptors (Lipinski definition) is 5. The van der Waals surface area contributed by atoms with E-state index in [2.05, 4.69) is 0 Å². The number of hydrogen-bond donors (Lipinski definition) is 0. The Morgan fingerprint density at radius 1 is 1.23 bits per heavy atom. The van der Waals surface area contributed by atoms with E-state index in [-0.39, 0.29) is 18.2 Å². The van der Waals surface area contributed by atoms with Gasteiger partial charge in [0.15, 0.2) is 6.61 Å². The zero-order valence-electron chi connectivity index (χ0n) is 14.3. The van der Waals surface area contributed by atoms with Crippen LogP contribution in [0.25, 0.3) is 0 Å². The minimum Gasteiger partial charge on any atom is -0.452 e. The normalized spacial score (nSPS) is 13.0. The number of rotatable bonds is 4. The summed E-state index contributed by atoms with van der Waals surface area (Å²) in [5, 5.41) is 10.9. The second-order valence-corrected chi connectivity index (χ2v) is 6.16. The summed E-state index contributed by atoms with van der Waals surface area (Å²) in [6, 6.07) is 11.4. The van der Waals surface area contributed by atoms with Crippen LogP contribution in [0.4, 0.5) is 11.4 Å². The molecule has 0 N–H and O–H groups in total. The van der Waals surface area contributed by atoms with Gasteiger partial charge in [-0.15, -0.1) is 0 Å². The second-order valence-electron chi connectivity index (χ2n) is 6.16. The van der Waals surface area contributed by atoms with E-state index < -0.39 is 10.9 Å². The maximum atomic E-state index is 12.5. The Hall–Kier alpha value is -3.22. The van der Waals surface area contributed by atoms with Crippen LogP contribution < -0.4 is 4.90 Å². The molecule has 7 heteroatoms. The number of fused-ring (bicyclic) bond motifs is 1. The lowest BCUT2D eigenvalue weighted by molar-refractivity contribution is -0.384. The van der Waals surface area contributed by atoms with Gasteiger partial charge in [-0.1, -0.05) is 17.7 Å². The van der Waals surface area contributed by atoms with Gasteiger partial charge in [-0.25, -0.2) is 4.79 Å². The lowest BCUT2D eigenvalue weighted by Crippen LogP contribution is -2.38. The van der Waals surface area contributed by atoms with Gasteiger partial charge in [-0.3, -0.25) is 14.9 Å². The molecule has 2 aromatic rings. The molecule has 0 aromatic heterocycles. The number of esters is 1. The first-order valence-electron chi connectivity index (χ1n) is 8.27. The summed E-state index contributed by atoms with van der Waals surface area (Å²) < 4.78 is 5.14. The predicted octanol–water partition coefficient (Wildman–Crippen LogP) is 3.04. The van der Waals surface area contributed by atoms with Crippen molar-refractivity contribution < 1.29 is 19.2 Å². The third kappa shape index (κ3) is 3.72. The van der Waals surface area contributed by atoms with E-state index in [0.717, 1.165) is 11.1 Å². The molecule has 1 amide bonds. The van der Waals surface area contributed by atoms with Crippen LogP contribution in [0, 0.1) is 17.0 Å². The number of anilines is 1. The lowest BCUT2D eigenvalue weighted by Gasteiger charge is -2.29. The Bertz CT molecular complexity index is 878. The van der Waals surface area contributed by atoms with Gasteiger partial charge in [0.1, 0.15) is 0 Å². The van der Waals surface area contributed by atoms with Crippen molar-refractivity contribution in [1.29, 1.82) is 0 Å². The maximum absolute atomic E-state index is 12.5. The smallest absolute Gasteiger partial charge is 0.338 e. The number of carbonyl (C=O) groups is 2. The van der Waals surface area contributed by atoms with E-state index in [1.807, 2.05) is 13.0 Å². The molecule has 0 fully saturated rings. The van der Waals surface area contributed by atoms with Gasteiger partial charge in [0.05, 0.1) is 10.5 Å². The summed E-state index contributed by atoms with van der Waals surface area (Å²) in [4.78, 5) is 36.6. The fourth-order valence-corrected chi connectivity index (χ4v) is 3.02. The SMILES string of the molecule is Cc1cccc(C(=O)OCC(=O)N2CCCc3cc([N+](=O)[O-])ccc32)c1. The fraction of sp³-hybridized carbons (Fsp3) is 0.263. The largest absolute Gasteiger partial charge is 0.452 e. The molecule has 0 unspecified atom stereocenters. The molecule has 0 saturated carbocycles. The van der Waals surface area contributed by atoms with Gasteiger partial charge in [0.2, 0.25) is 0 Å². The molecule has 26 heavy (non-hydrogen) atoms. The molecular formula is C19H18N2O5. The van der Waals surface area contributed by atoms with Gasteiger partial charge in [-0.05, 0) is 43.5 Å². The van der Waals surface area contributed by atoms with Crippen LogP contribution >= 0.6 is 0 Å². The molecule has 1 heterocycles. The number of non-ortho nitro benzene ring substituents is 1. The molecule has 134 valence electrons. The van der Waals surface area contributed by atoms with Gasteiger partial charge in [0, 0.05) is 24.4 Å². The number of benzene rings is 2. The number of nitro groups is 1. The highest BCUT2D eigenvalue weighted by Crippen LogP contribution is 2.30. The van der Waals surface area contributed by atoms with E-state index in [1.54, 1.807) is 24.3 Å². The first kappa shape index (κ1) is 17.6. The van der Waals surface area contributed by atoms with E-state index in [9.17, 15) is 19.7 Å². The van der Waals surface area contributed by atoms with Crippen molar-refractivity contribution in [2.24, 2.45) is 0 Å². The molecule has 0 atom stereocenters. The zero-order valence-corrected chi connectivity index (χ0v) is 14.3. The van der Waals surface area contributed by atoms with Crippen molar-refractivity contribution in [3.63, 3.8) is 0 Å². The van der Waals surface area contributed by atoms with Gasteiger partial charge in [0.25, 0.3) is 11.6 Å². The quantitative estimate of drug-likeness (QED) is 0.478. The van der Waals surface area contributed by atoms with Crippen LogP contribution in [0.15, 0.2) is 42.5 Å². The molecular weight excluding hydrogens is 336 g/mol. The van der Waals surface area contributed by atoms with Crippen molar-refractivity contribution in [3.05, 3.63) is 69.3 Å². The van der Waals surface area contributed by atoms with Gasteiger partial charge >= 0.3 is 5.97 Å². The average molecular weight is 354 g/mol. The number of nitrogens with zero attached hydrogens (tertiary/aromatic N) is 2. The van der Waals surface area contributed by atoms with Crippen LogP contribution in [0.2, 0.25) is 0 Å². The van der Waals surface area contributed by atoms with E-state index in [0.29, 0.717) is 30.6 Å². The Morgan fingerprint density at radius 3 is 2.77 bits per heavy atom. The Labute approximate surface area is 150 Å². The molecule has 1 aliphatic heterocycles. The first-order chi connectivity index (χ1) is 12.5. The maximum Gasteiger partial charge on any atom is 0.338 e. The molecule has 7 nitrogen and oxygen atoms in total. The second kappa shape index (κ2) is 7.35. The Morgan fingerprint density at radius 2 is 2.04 bits per heavy atom. The van der Waals surface area contributed by atoms with Crippen LogP contribution in [0.5, 0.6) is 0 Å². The molecule has 0 spiro atoms. The minimum absolute atomic E-state index is 0.00363. The number of amides is 1. The zero-order chi connectivity index (χ0) is 18.7. The molecule has 3 rings (SSSR count). The molecule has 2 aromatic carbocycles. The highest BCUT2D eigenvalue weighted by Gasteiger charge is 2.25. The van der Waals surface area contributed by atoms with Crippen molar-refractivity contribution in [1.82, 2.24) is 0 Å². The number of ether oxygens (including phenoxy) is 1. The summed E-state index contributed by atoms with van der Waals surface area (Å²) >= 11 is 0. The van der Waals surface area contributed by atoms with Crippen molar-refractivity contribution >= 4 is 23.3 Å². The molecule has 0 saturated heterocycles. The summed E-state index contributed by atoms with van der Waals surface area (Å²) in [5.41, 5.74) is 2.72. The summed E-state index contributed by atoms with van der Waals surface area (Å²) in [5.74, 6) is -0.899. The Kier molecular flexibility index (Phi) is 4.97. The van der Waals surface area contributed by atoms with E-state index in [4.69, 9.17) is 4.74 Å². The van der Waals surface area contributed by atoms with Crippen LogP contribution in [-0.4, -0.2) is 30.0 Å². The highest BCUT2D eigenvalue weighted by molar-refractivity contribution is 5.98. The lowest BCUT2D eigenvalue weighted by atomic mass is 10.0. The van der Waals surface area contributed by atoms with E-state index >= 15 is 0 Å². The van der Waals surface area contributed by atoms with Crippen molar-refractivity contribution in [3.8, 4) is 0 Å². The number of carbonyl (C=O) groups excluding carboxylic acids is 2. The summed E-state index contributed by atoms with van der Waals surface area (Å²) in [6.45, 7) is 1.99. The predicted molar refractivity (Wildman–Crippen MR) is 95.2 cm³/mol. The van der Waals surface area contributed by atoms with Crippen LogP contribution in [0.1, 0.15) is 27.9 Å². The Balaban J connectivity index is 1.69. The average Bonchev–Trinajstić information content (AvgIpc) is 2.64. The standard InChI is InChI=1S/C19H18N2O5/c1-13-4-2-5-15(10-13)19(23)26-12-18(22)20-9-3-6-14-11-16(21(24)25)7-8-17(14)20/h2,4-5,7-8,10-11H,3,6,9,12H2,1H3. The monoisotopic (exact) mass is 354 g/mol. The summed E-state index contributed by atoms with van der Waals surface area (Å²) in [6.07, 6.45) is 1.37. The van der Waals surface area contributed by atoms with Crippen molar-refractivity contribution in [2.75, 3.05) is 18.1 Å². The third-order valence-electron chi connectivity index (χ3n) is 4.27. The number of aryl methyl sites for hydroxylation is 2.